The van der Waals surface area contributed by atoms with Crippen molar-refractivity contribution in [3.8, 4) is 0 Å². The largest absolute Gasteiger partial charge is 0.463 e. The van der Waals surface area contributed by atoms with Gasteiger partial charge in [0.2, 0.25) is 12.2 Å². The first-order valence-corrected chi connectivity index (χ1v) is 10.2. The minimum absolute atomic E-state index is 0.234. The van der Waals surface area contributed by atoms with Crippen LogP contribution in [0.4, 0.5) is 0 Å². The van der Waals surface area contributed by atoms with Gasteiger partial charge >= 0.3 is 23.9 Å². The molecule has 1 aliphatic heterocycles. The molecule has 0 aromatic rings. The molecule has 11 nitrogen and oxygen atoms in total. The number of hydrogen-bond acceptors (Lipinski definition) is 10. The summed E-state index contributed by atoms with van der Waals surface area (Å²) in [4.78, 5) is 59.3. The second-order valence-corrected chi connectivity index (χ2v) is 7.62. The Balaban J connectivity index is 2.37. The summed E-state index contributed by atoms with van der Waals surface area (Å²) in [6.07, 6.45) is -1.69. The van der Waals surface area contributed by atoms with Crippen LogP contribution in [0.25, 0.3) is 0 Å². The standard InChI is InChI=1S/C20H29NO10/c1-10(22)27-9-15-17(28-11(2)23)18(29-12(3)24)16(20(31-15)30-13(4)25)21-19(26)14-7-5-6-8-14/h14-18,20H,5-9H2,1-4H3,(H,21,26)/t15?,16-,17-,18?,20-/m1/s1. The molecule has 11 heteroatoms. The summed E-state index contributed by atoms with van der Waals surface area (Å²) in [5.41, 5.74) is 0. The molecule has 1 heterocycles. The summed E-state index contributed by atoms with van der Waals surface area (Å²) in [5.74, 6) is -3.27. The fourth-order valence-electron chi connectivity index (χ4n) is 3.79. The number of ether oxygens (including phenoxy) is 5. The van der Waals surface area contributed by atoms with E-state index in [0.717, 1.165) is 33.6 Å². The highest BCUT2D eigenvalue weighted by molar-refractivity contribution is 5.79. The van der Waals surface area contributed by atoms with Crippen LogP contribution in [0.5, 0.6) is 0 Å². The molecule has 2 rings (SSSR count). The van der Waals surface area contributed by atoms with Crippen molar-refractivity contribution in [1.29, 1.82) is 0 Å². The van der Waals surface area contributed by atoms with Crippen molar-refractivity contribution in [3.63, 3.8) is 0 Å². The monoisotopic (exact) mass is 443 g/mol. The molecular weight excluding hydrogens is 414 g/mol. The predicted octanol–water partition coefficient (Wildman–Crippen LogP) is 0.376. The lowest BCUT2D eigenvalue weighted by Crippen LogP contribution is -2.67. The van der Waals surface area contributed by atoms with E-state index in [1.54, 1.807) is 0 Å². The van der Waals surface area contributed by atoms with Crippen LogP contribution in [0.15, 0.2) is 0 Å². The number of carbonyl (C=O) groups excluding carboxylic acids is 5. The highest BCUT2D eigenvalue weighted by Gasteiger charge is 2.52. The van der Waals surface area contributed by atoms with Gasteiger partial charge in [-0.05, 0) is 12.8 Å². The highest BCUT2D eigenvalue weighted by atomic mass is 16.7. The maximum atomic E-state index is 12.8. The number of carbonyl (C=O) groups is 5. The molecule has 1 N–H and O–H groups in total. The summed E-state index contributed by atoms with van der Waals surface area (Å²) in [6, 6.07) is -1.14. The molecule has 0 radical (unpaired) electrons. The number of hydrogen-bond donors (Lipinski definition) is 1. The van der Waals surface area contributed by atoms with Crippen molar-refractivity contribution in [1.82, 2.24) is 5.32 Å². The number of nitrogens with one attached hydrogen (secondary N) is 1. The van der Waals surface area contributed by atoms with E-state index < -0.39 is 54.5 Å². The zero-order chi connectivity index (χ0) is 23.1. The lowest BCUT2D eigenvalue weighted by Gasteiger charge is -2.44. The van der Waals surface area contributed by atoms with Crippen molar-refractivity contribution in [2.24, 2.45) is 5.92 Å². The van der Waals surface area contributed by atoms with Crippen LogP contribution in [0.1, 0.15) is 53.4 Å². The summed E-state index contributed by atoms with van der Waals surface area (Å²) in [7, 11) is 0. The molecule has 0 spiro atoms. The van der Waals surface area contributed by atoms with Crippen LogP contribution in [-0.4, -0.2) is 67.0 Å². The van der Waals surface area contributed by atoms with E-state index in [4.69, 9.17) is 23.7 Å². The van der Waals surface area contributed by atoms with E-state index in [0.29, 0.717) is 12.8 Å². The number of rotatable bonds is 7. The minimum atomic E-state index is -1.36. The smallest absolute Gasteiger partial charge is 0.305 e. The molecule has 2 unspecified atom stereocenters. The van der Waals surface area contributed by atoms with Crippen LogP contribution in [0.2, 0.25) is 0 Å². The van der Waals surface area contributed by atoms with Crippen molar-refractivity contribution in [2.45, 2.75) is 84.0 Å². The average Bonchev–Trinajstić information content (AvgIpc) is 3.18. The zero-order valence-electron chi connectivity index (χ0n) is 18.1. The lowest BCUT2D eigenvalue weighted by molar-refractivity contribution is -0.271. The van der Waals surface area contributed by atoms with E-state index >= 15 is 0 Å². The quantitative estimate of drug-likeness (QED) is 0.433. The van der Waals surface area contributed by atoms with Crippen molar-refractivity contribution < 1.29 is 47.7 Å². The minimum Gasteiger partial charge on any atom is -0.463 e. The van der Waals surface area contributed by atoms with Gasteiger partial charge in [0.15, 0.2) is 12.2 Å². The topological polar surface area (TPSA) is 144 Å². The third kappa shape index (κ3) is 7.20. The first-order valence-electron chi connectivity index (χ1n) is 10.2. The lowest BCUT2D eigenvalue weighted by atomic mass is 9.95. The number of esters is 4. The van der Waals surface area contributed by atoms with Gasteiger partial charge in [-0.3, -0.25) is 24.0 Å². The number of amides is 1. The Labute approximate surface area is 180 Å². The SMILES string of the molecule is CC(=O)OCC1O[C@@H](OC(C)=O)[C@H](NC(=O)C2CCCC2)C(OC(C)=O)[C@@H]1OC(C)=O. The molecule has 1 amide bonds. The van der Waals surface area contributed by atoms with Crippen molar-refractivity contribution >= 4 is 29.8 Å². The van der Waals surface area contributed by atoms with Gasteiger partial charge in [0, 0.05) is 33.6 Å². The van der Waals surface area contributed by atoms with E-state index in [1.165, 1.54) is 6.92 Å². The Morgan fingerprint density at radius 2 is 1.35 bits per heavy atom. The molecule has 0 bridgehead atoms. The third-order valence-electron chi connectivity index (χ3n) is 5.02. The van der Waals surface area contributed by atoms with Crippen LogP contribution in [-0.2, 0) is 47.7 Å². The van der Waals surface area contributed by atoms with Gasteiger partial charge < -0.3 is 29.0 Å². The zero-order valence-corrected chi connectivity index (χ0v) is 18.1. The Bertz CT molecular complexity index is 702. The Kier molecular flexibility index (Phi) is 8.78. The van der Waals surface area contributed by atoms with Crippen molar-refractivity contribution in [2.75, 3.05) is 6.61 Å². The molecule has 1 saturated heterocycles. The molecule has 2 aliphatic rings. The van der Waals surface area contributed by atoms with Gasteiger partial charge in [0.1, 0.15) is 18.8 Å². The van der Waals surface area contributed by atoms with Crippen LogP contribution < -0.4 is 5.32 Å². The maximum absolute atomic E-state index is 12.8. The van der Waals surface area contributed by atoms with Gasteiger partial charge in [-0.1, -0.05) is 12.8 Å². The molecule has 1 aliphatic carbocycles. The van der Waals surface area contributed by atoms with E-state index in [2.05, 4.69) is 5.32 Å². The third-order valence-corrected chi connectivity index (χ3v) is 5.02. The van der Waals surface area contributed by atoms with Gasteiger partial charge in [0.05, 0.1) is 0 Å². The van der Waals surface area contributed by atoms with Gasteiger partial charge in [0.25, 0.3) is 0 Å². The van der Waals surface area contributed by atoms with E-state index in [1.807, 2.05) is 0 Å². The van der Waals surface area contributed by atoms with Gasteiger partial charge in [-0.15, -0.1) is 0 Å². The Morgan fingerprint density at radius 1 is 0.806 bits per heavy atom. The normalized spacial score (nSPS) is 28.3. The van der Waals surface area contributed by atoms with Crippen LogP contribution in [0.3, 0.4) is 0 Å². The summed E-state index contributed by atoms with van der Waals surface area (Å²) in [6.45, 7) is 4.28. The Morgan fingerprint density at radius 3 is 1.87 bits per heavy atom. The Hall–Kier alpha value is -2.69. The van der Waals surface area contributed by atoms with E-state index in [-0.39, 0.29) is 18.4 Å². The molecule has 31 heavy (non-hydrogen) atoms. The first-order chi connectivity index (χ1) is 14.6. The first kappa shape index (κ1) is 24.6. The average molecular weight is 443 g/mol. The van der Waals surface area contributed by atoms with Gasteiger partial charge in [-0.2, -0.15) is 0 Å². The molecule has 174 valence electrons. The fraction of sp³-hybridized carbons (Fsp3) is 0.750. The molecule has 0 aromatic carbocycles. The molecule has 5 atom stereocenters. The summed E-state index contributed by atoms with van der Waals surface area (Å²) in [5, 5.41) is 2.74. The fourth-order valence-corrected chi connectivity index (χ4v) is 3.79. The second-order valence-electron chi connectivity index (χ2n) is 7.62. The van der Waals surface area contributed by atoms with Crippen molar-refractivity contribution in [3.05, 3.63) is 0 Å². The molecule has 2 fully saturated rings. The van der Waals surface area contributed by atoms with E-state index in [9.17, 15) is 24.0 Å². The van der Waals surface area contributed by atoms with Crippen LogP contribution in [0, 0.1) is 5.92 Å². The second kappa shape index (κ2) is 11.1. The summed E-state index contributed by atoms with van der Waals surface area (Å²) < 4.78 is 26.6. The molecule has 1 saturated carbocycles. The van der Waals surface area contributed by atoms with Gasteiger partial charge in [-0.25, -0.2) is 0 Å². The highest BCUT2D eigenvalue weighted by Crippen LogP contribution is 2.30. The summed E-state index contributed by atoms with van der Waals surface area (Å²) >= 11 is 0. The van der Waals surface area contributed by atoms with Crippen LogP contribution >= 0.6 is 0 Å². The molecule has 0 aromatic heterocycles. The maximum Gasteiger partial charge on any atom is 0.305 e. The molecular formula is C20H29NO10. The predicted molar refractivity (Wildman–Crippen MR) is 102 cm³/mol.